The van der Waals surface area contributed by atoms with Crippen LogP contribution < -0.4 is 10.6 Å². The van der Waals surface area contributed by atoms with Crippen LogP contribution in [0.15, 0.2) is 60.7 Å². The van der Waals surface area contributed by atoms with E-state index in [1.165, 1.54) is 0 Å². The Morgan fingerprint density at radius 2 is 1.29 bits per heavy atom. The predicted octanol–water partition coefficient (Wildman–Crippen LogP) is 6.69. The molecular weight excluding hydrogens is 402 g/mol. The summed E-state index contributed by atoms with van der Waals surface area (Å²) < 4.78 is 77.7. The largest absolute Gasteiger partial charge is 0.416 e. The highest BCUT2D eigenvalue weighted by molar-refractivity contribution is 7.80. The molecule has 28 heavy (non-hydrogen) atoms. The zero-order chi connectivity index (χ0) is 20.5. The van der Waals surface area contributed by atoms with E-state index in [0.29, 0.717) is 17.8 Å². The Morgan fingerprint density at radius 1 is 0.714 bits per heavy atom. The van der Waals surface area contributed by atoms with Gasteiger partial charge in [0.15, 0.2) is 5.11 Å². The molecular formula is C19H12F6N2S. The Labute approximate surface area is 161 Å². The van der Waals surface area contributed by atoms with Crippen LogP contribution in [0, 0.1) is 0 Å². The van der Waals surface area contributed by atoms with E-state index in [1.54, 1.807) is 18.2 Å². The molecule has 0 aliphatic rings. The van der Waals surface area contributed by atoms with E-state index >= 15 is 0 Å². The van der Waals surface area contributed by atoms with Gasteiger partial charge in [-0.25, -0.2) is 0 Å². The molecule has 0 saturated carbocycles. The minimum absolute atomic E-state index is 0.0619. The Kier molecular flexibility index (Phi) is 5.20. The Balaban J connectivity index is 1.89. The molecule has 0 amide bonds. The zero-order valence-electron chi connectivity index (χ0n) is 13.9. The third-order valence-electron chi connectivity index (χ3n) is 3.88. The molecule has 0 radical (unpaired) electrons. The van der Waals surface area contributed by atoms with E-state index in [2.05, 4.69) is 10.6 Å². The van der Waals surface area contributed by atoms with Crippen LogP contribution in [-0.2, 0) is 12.4 Å². The van der Waals surface area contributed by atoms with Crippen molar-refractivity contribution in [3.63, 3.8) is 0 Å². The topological polar surface area (TPSA) is 24.1 Å². The maximum atomic E-state index is 13.0. The van der Waals surface area contributed by atoms with E-state index in [4.69, 9.17) is 12.2 Å². The third kappa shape index (κ3) is 4.53. The average molecular weight is 414 g/mol. The Hall–Kier alpha value is -2.81. The van der Waals surface area contributed by atoms with Crippen LogP contribution in [0.3, 0.4) is 0 Å². The number of hydrogen-bond donors (Lipinski definition) is 2. The Morgan fingerprint density at radius 3 is 1.89 bits per heavy atom. The molecule has 2 nitrogen and oxygen atoms in total. The number of alkyl halides is 6. The first-order chi connectivity index (χ1) is 13.0. The standard InChI is InChI=1S/C19H12F6N2S/c20-18(21,22)12-8-13(19(23,24)25)10-14(9-12)26-17(28)27-16-7-3-5-11-4-1-2-6-15(11)16/h1-10H,(H2,26,27,28). The van der Waals surface area contributed by atoms with Crippen molar-refractivity contribution in [2.75, 3.05) is 10.6 Å². The average Bonchev–Trinajstić information content (AvgIpc) is 2.60. The van der Waals surface area contributed by atoms with Crippen molar-refractivity contribution in [2.45, 2.75) is 12.4 Å². The lowest BCUT2D eigenvalue weighted by Crippen LogP contribution is -2.20. The molecule has 0 fully saturated rings. The second-order valence-corrected chi connectivity index (χ2v) is 6.31. The van der Waals surface area contributed by atoms with E-state index < -0.39 is 29.2 Å². The summed E-state index contributed by atoms with van der Waals surface area (Å²) in [6.07, 6.45) is -9.86. The minimum Gasteiger partial charge on any atom is -0.332 e. The van der Waals surface area contributed by atoms with Gasteiger partial charge in [0, 0.05) is 16.8 Å². The maximum absolute atomic E-state index is 13.0. The number of fused-ring (bicyclic) bond motifs is 1. The van der Waals surface area contributed by atoms with Gasteiger partial charge in [0.05, 0.1) is 11.1 Å². The highest BCUT2D eigenvalue weighted by Gasteiger charge is 2.37. The van der Waals surface area contributed by atoms with Crippen molar-refractivity contribution in [1.82, 2.24) is 0 Å². The van der Waals surface area contributed by atoms with Crippen LogP contribution in [0.4, 0.5) is 37.7 Å². The quantitative estimate of drug-likeness (QED) is 0.361. The van der Waals surface area contributed by atoms with Gasteiger partial charge >= 0.3 is 12.4 Å². The molecule has 0 aliphatic carbocycles. The smallest absolute Gasteiger partial charge is 0.332 e. The van der Waals surface area contributed by atoms with Crippen molar-refractivity contribution < 1.29 is 26.3 Å². The summed E-state index contributed by atoms with van der Waals surface area (Å²) in [5.41, 5.74) is -2.69. The number of nitrogens with one attached hydrogen (secondary N) is 2. The van der Waals surface area contributed by atoms with E-state index in [1.807, 2.05) is 24.3 Å². The first-order valence-corrected chi connectivity index (χ1v) is 8.30. The van der Waals surface area contributed by atoms with E-state index in [-0.39, 0.29) is 11.2 Å². The van der Waals surface area contributed by atoms with Crippen LogP contribution in [-0.4, -0.2) is 5.11 Å². The van der Waals surface area contributed by atoms with Gasteiger partial charge in [-0.1, -0.05) is 36.4 Å². The van der Waals surface area contributed by atoms with Gasteiger partial charge in [0.2, 0.25) is 0 Å². The van der Waals surface area contributed by atoms with E-state index in [9.17, 15) is 26.3 Å². The molecule has 3 aromatic carbocycles. The zero-order valence-corrected chi connectivity index (χ0v) is 14.8. The van der Waals surface area contributed by atoms with Gasteiger partial charge in [-0.15, -0.1) is 0 Å². The first-order valence-electron chi connectivity index (χ1n) is 7.89. The van der Waals surface area contributed by atoms with Crippen molar-refractivity contribution >= 4 is 39.5 Å². The molecule has 0 aromatic heterocycles. The highest BCUT2D eigenvalue weighted by Crippen LogP contribution is 2.37. The van der Waals surface area contributed by atoms with Crippen LogP contribution in [0.2, 0.25) is 0 Å². The molecule has 9 heteroatoms. The number of thiocarbonyl (C=S) groups is 1. The summed E-state index contributed by atoms with van der Waals surface area (Å²) in [7, 11) is 0. The van der Waals surface area contributed by atoms with Gasteiger partial charge in [-0.2, -0.15) is 26.3 Å². The molecule has 0 unspecified atom stereocenters. The number of hydrogen-bond acceptors (Lipinski definition) is 1. The molecule has 0 saturated heterocycles. The normalized spacial score (nSPS) is 12.1. The summed E-state index contributed by atoms with van der Waals surface area (Å²) >= 11 is 5.07. The van der Waals surface area contributed by atoms with Crippen molar-refractivity contribution in [3.8, 4) is 0 Å². The molecule has 2 N–H and O–H groups in total. The first kappa shape index (κ1) is 19.9. The van der Waals surface area contributed by atoms with E-state index in [0.717, 1.165) is 10.8 Å². The fourth-order valence-electron chi connectivity index (χ4n) is 2.65. The van der Waals surface area contributed by atoms with Crippen LogP contribution in [0.25, 0.3) is 10.8 Å². The number of rotatable bonds is 2. The maximum Gasteiger partial charge on any atom is 0.416 e. The number of anilines is 2. The monoisotopic (exact) mass is 414 g/mol. The number of halogens is 6. The highest BCUT2D eigenvalue weighted by atomic mass is 32.1. The molecule has 0 bridgehead atoms. The number of benzene rings is 3. The van der Waals surface area contributed by atoms with Crippen molar-refractivity contribution in [3.05, 3.63) is 71.8 Å². The lowest BCUT2D eigenvalue weighted by Gasteiger charge is -2.16. The van der Waals surface area contributed by atoms with Gasteiger partial charge < -0.3 is 10.6 Å². The summed E-state index contributed by atoms with van der Waals surface area (Å²) in [6.45, 7) is 0. The second kappa shape index (κ2) is 7.31. The van der Waals surface area contributed by atoms with Crippen LogP contribution in [0.1, 0.15) is 11.1 Å². The summed E-state index contributed by atoms with van der Waals surface area (Å²) in [5, 5.41) is 6.77. The fraction of sp³-hybridized carbons (Fsp3) is 0.105. The van der Waals surface area contributed by atoms with Crippen molar-refractivity contribution in [2.24, 2.45) is 0 Å². The third-order valence-corrected chi connectivity index (χ3v) is 4.09. The summed E-state index contributed by atoms with van der Waals surface area (Å²) in [4.78, 5) is 0. The summed E-state index contributed by atoms with van der Waals surface area (Å²) in [5.74, 6) is 0. The van der Waals surface area contributed by atoms with Gasteiger partial charge in [-0.05, 0) is 41.9 Å². The molecule has 3 aromatic rings. The predicted molar refractivity (Wildman–Crippen MR) is 100 cm³/mol. The molecule has 146 valence electrons. The second-order valence-electron chi connectivity index (χ2n) is 5.90. The van der Waals surface area contributed by atoms with Gasteiger partial charge in [0.1, 0.15) is 0 Å². The minimum atomic E-state index is -4.93. The SMILES string of the molecule is FC(F)(F)c1cc(NC(=S)Nc2cccc3ccccc23)cc(C(F)(F)F)c1. The Bertz CT molecular complexity index is 989. The van der Waals surface area contributed by atoms with Crippen LogP contribution >= 0.6 is 12.2 Å². The van der Waals surface area contributed by atoms with Gasteiger partial charge in [0.25, 0.3) is 0 Å². The molecule has 0 aliphatic heterocycles. The fourth-order valence-corrected chi connectivity index (χ4v) is 2.87. The van der Waals surface area contributed by atoms with Crippen LogP contribution in [0.5, 0.6) is 0 Å². The molecule has 0 heterocycles. The van der Waals surface area contributed by atoms with Crippen molar-refractivity contribution in [1.29, 1.82) is 0 Å². The molecule has 0 atom stereocenters. The molecule has 3 rings (SSSR count). The summed E-state index contributed by atoms with van der Waals surface area (Å²) in [6, 6.07) is 13.8. The molecule has 0 spiro atoms. The lowest BCUT2D eigenvalue weighted by molar-refractivity contribution is -0.143. The lowest BCUT2D eigenvalue weighted by atomic mass is 10.1. The van der Waals surface area contributed by atoms with Gasteiger partial charge in [-0.3, -0.25) is 0 Å².